The third-order valence-corrected chi connectivity index (χ3v) is 4.40. The predicted molar refractivity (Wildman–Crippen MR) is 78.0 cm³/mol. The fourth-order valence-corrected chi connectivity index (χ4v) is 3.34. The van der Waals surface area contributed by atoms with Crippen LogP contribution in [0.4, 0.5) is 4.79 Å². The molecule has 2 rings (SSSR count). The molecule has 5 nitrogen and oxygen atoms in total. The second-order valence-electron chi connectivity index (χ2n) is 5.18. The van der Waals surface area contributed by atoms with E-state index in [0.29, 0.717) is 13.0 Å². The van der Waals surface area contributed by atoms with E-state index in [0.717, 1.165) is 19.3 Å². The SMILES string of the molecule is CC(Cc1cccs1)NC(=O)N1CCCCC1C(=O)O. The van der Waals surface area contributed by atoms with Crippen LogP contribution in [-0.2, 0) is 11.2 Å². The van der Waals surface area contributed by atoms with Gasteiger partial charge in [0.25, 0.3) is 0 Å². The van der Waals surface area contributed by atoms with E-state index in [1.54, 1.807) is 11.3 Å². The third kappa shape index (κ3) is 3.72. The maximum absolute atomic E-state index is 12.2. The largest absolute Gasteiger partial charge is 0.480 e. The Morgan fingerprint density at radius 2 is 2.35 bits per heavy atom. The number of hydrogen-bond acceptors (Lipinski definition) is 3. The topological polar surface area (TPSA) is 69.6 Å². The molecule has 2 atom stereocenters. The molecule has 0 bridgehead atoms. The van der Waals surface area contributed by atoms with E-state index in [2.05, 4.69) is 5.32 Å². The highest BCUT2D eigenvalue weighted by molar-refractivity contribution is 7.09. The van der Waals surface area contributed by atoms with Gasteiger partial charge in [0.05, 0.1) is 0 Å². The number of carbonyl (C=O) groups excluding carboxylic acids is 1. The Balaban J connectivity index is 1.90. The zero-order valence-electron chi connectivity index (χ0n) is 11.5. The van der Waals surface area contributed by atoms with Gasteiger partial charge in [0.1, 0.15) is 6.04 Å². The Morgan fingerprint density at radius 1 is 1.55 bits per heavy atom. The summed E-state index contributed by atoms with van der Waals surface area (Å²) in [4.78, 5) is 26.1. The van der Waals surface area contributed by atoms with Crippen LogP contribution in [0, 0.1) is 0 Å². The second kappa shape index (κ2) is 6.74. The van der Waals surface area contributed by atoms with Gasteiger partial charge >= 0.3 is 12.0 Å². The van der Waals surface area contributed by atoms with E-state index >= 15 is 0 Å². The fraction of sp³-hybridized carbons (Fsp3) is 0.571. The number of likely N-dealkylation sites (tertiary alicyclic amines) is 1. The molecule has 1 aliphatic heterocycles. The fourth-order valence-electron chi connectivity index (χ4n) is 2.51. The molecule has 0 saturated carbocycles. The summed E-state index contributed by atoms with van der Waals surface area (Å²) in [7, 11) is 0. The van der Waals surface area contributed by atoms with Crippen LogP contribution in [0.15, 0.2) is 17.5 Å². The maximum Gasteiger partial charge on any atom is 0.326 e. The Kier molecular flexibility index (Phi) is 5.00. The molecule has 1 fully saturated rings. The van der Waals surface area contributed by atoms with Crippen molar-refractivity contribution >= 4 is 23.3 Å². The van der Waals surface area contributed by atoms with Crippen molar-refractivity contribution in [1.82, 2.24) is 10.2 Å². The molecule has 2 unspecified atom stereocenters. The molecule has 1 aromatic rings. The molecule has 2 amide bonds. The van der Waals surface area contributed by atoms with Crippen LogP contribution >= 0.6 is 11.3 Å². The van der Waals surface area contributed by atoms with E-state index in [4.69, 9.17) is 0 Å². The van der Waals surface area contributed by atoms with Crippen molar-refractivity contribution in [2.24, 2.45) is 0 Å². The zero-order chi connectivity index (χ0) is 14.5. The first kappa shape index (κ1) is 14.8. The molecule has 0 aromatic carbocycles. The Hall–Kier alpha value is -1.56. The maximum atomic E-state index is 12.2. The number of carboxylic acid groups (broad SMARTS) is 1. The molecule has 20 heavy (non-hydrogen) atoms. The molecule has 1 aromatic heterocycles. The van der Waals surface area contributed by atoms with Crippen LogP contribution in [0.2, 0.25) is 0 Å². The lowest BCUT2D eigenvalue weighted by Gasteiger charge is -2.33. The molecule has 6 heteroatoms. The van der Waals surface area contributed by atoms with Gasteiger partial charge in [-0.15, -0.1) is 11.3 Å². The average molecular weight is 296 g/mol. The van der Waals surface area contributed by atoms with E-state index in [1.807, 2.05) is 24.4 Å². The van der Waals surface area contributed by atoms with Crippen LogP contribution in [-0.4, -0.2) is 40.6 Å². The summed E-state index contributed by atoms with van der Waals surface area (Å²) in [5.74, 6) is -0.911. The number of nitrogens with one attached hydrogen (secondary N) is 1. The van der Waals surface area contributed by atoms with Gasteiger partial charge in [-0.05, 0) is 37.6 Å². The number of nitrogens with zero attached hydrogens (tertiary/aromatic N) is 1. The second-order valence-corrected chi connectivity index (χ2v) is 6.21. The Labute approximate surface area is 122 Å². The van der Waals surface area contributed by atoms with Crippen molar-refractivity contribution < 1.29 is 14.7 Å². The minimum absolute atomic E-state index is 0.00229. The summed E-state index contributed by atoms with van der Waals surface area (Å²) in [5.41, 5.74) is 0. The van der Waals surface area contributed by atoms with E-state index in [9.17, 15) is 14.7 Å². The molecule has 0 aliphatic carbocycles. The van der Waals surface area contributed by atoms with Gasteiger partial charge in [0.15, 0.2) is 0 Å². The number of amides is 2. The van der Waals surface area contributed by atoms with E-state index in [1.165, 1.54) is 9.78 Å². The van der Waals surface area contributed by atoms with Gasteiger partial charge in [0, 0.05) is 23.9 Å². The number of thiophene rings is 1. The van der Waals surface area contributed by atoms with Crippen molar-refractivity contribution in [2.75, 3.05) is 6.54 Å². The molecule has 0 radical (unpaired) electrons. The summed E-state index contributed by atoms with van der Waals surface area (Å²) < 4.78 is 0. The zero-order valence-corrected chi connectivity index (χ0v) is 12.4. The highest BCUT2D eigenvalue weighted by Gasteiger charge is 2.32. The van der Waals surface area contributed by atoms with E-state index < -0.39 is 12.0 Å². The van der Waals surface area contributed by atoms with Gasteiger partial charge in [-0.25, -0.2) is 9.59 Å². The summed E-state index contributed by atoms with van der Waals surface area (Å²) in [6.45, 7) is 2.46. The molecule has 1 saturated heterocycles. The average Bonchev–Trinajstić information content (AvgIpc) is 2.91. The smallest absolute Gasteiger partial charge is 0.326 e. The van der Waals surface area contributed by atoms with Crippen molar-refractivity contribution in [2.45, 2.75) is 44.7 Å². The molecule has 110 valence electrons. The minimum atomic E-state index is -0.911. The standard InChI is InChI=1S/C14H20N2O3S/c1-10(9-11-5-4-8-20-11)15-14(19)16-7-3-2-6-12(16)13(17)18/h4-5,8,10,12H,2-3,6-7,9H2,1H3,(H,15,19)(H,17,18). The predicted octanol–water partition coefficient (Wildman–Crippen LogP) is 2.33. The first-order chi connectivity index (χ1) is 9.58. The summed E-state index contributed by atoms with van der Waals surface area (Å²) >= 11 is 1.66. The van der Waals surface area contributed by atoms with Crippen LogP contribution in [0.1, 0.15) is 31.1 Å². The number of carboxylic acids is 1. The lowest BCUT2D eigenvalue weighted by molar-refractivity contribution is -0.143. The molecule has 2 heterocycles. The Morgan fingerprint density at radius 3 is 3.00 bits per heavy atom. The quantitative estimate of drug-likeness (QED) is 0.896. The van der Waals surface area contributed by atoms with Crippen LogP contribution in [0.25, 0.3) is 0 Å². The van der Waals surface area contributed by atoms with Gasteiger partial charge in [-0.2, -0.15) is 0 Å². The number of rotatable bonds is 4. The van der Waals surface area contributed by atoms with Crippen LogP contribution < -0.4 is 5.32 Å². The molecule has 0 spiro atoms. The Bertz CT molecular complexity index is 461. The summed E-state index contributed by atoms with van der Waals surface area (Å²) in [6.07, 6.45) is 3.05. The lowest BCUT2D eigenvalue weighted by Crippen LogP contribution is -2.53. The highest BCUT2D eigenvalue weighted by Crippen LogP contribution is 2.18. The molecular weight excluding hydrogens is 276 g/mol. The number of hydrogen-bond donors (Lipinski definition) is 2. The first-order valence-corrected chi connectivity index (χ1v) is 7.78. The summed E-state index contributed by atoms with van der Waals surface area (Å²) in [5, 5.41) is 14.1. The van der Waals surface area contributed by atoms with Gasteiger partial charge < -0.3 is 15.3 Å². The minimum Gasteiger partial charge on any atom is -0.480 e. The van der Waals surface area contributed by atoms with E-state index in [-0.39, 0.29) is 12.1 Å². The normalized spacial score (nSPS) is 20.4. The molecule has 1 aliphatic rings. The first-order valence-electron chi connectivity index (χ1n) is 6.90. The van der Waals surface area contributed by atoms with Crippen molar-refractivity contribution in [3.8, 4) is 0 Å². The number of aliphatic carboxylic acids is 1. The molecular formula is C14H20N2O3S. The van der Waals surface area contributed by atoms with Crippen LogP contribution in [0.5, 0.6) is 0 Å². The monoisotopic (exact) mass is 296 g/mol. The number of piperidine rings is 1. The van der Waals surface area contributed by atoms with Crippen LogP contribution in [0.3, 0.4) is 0 Å². The van der Waals surface area contributed by atoms with Gasteiger partial charge in [-0.1, -0.05) is 6.07 Å². The highest BCUT2D eigenvalue weighted by atomic mass is 32.1. The van der Waals surface area contributed by atoms with Crippen molar-refractivity contribution in [1.29, 1.82) is 0 Å². The number of carbonyl (C=O) groups is 2. The third-order valence-electron chi connectivity index (χ3n) is 3.51. The lowest BCUT2D eigenvalue weighted by atomic mass is 10.0. The summed E-state index contributed by atoms with van der Waals surface area (Å²) in [6, 6.07) is 3.07. The van der Waals surface area contributed by atoms with Crippen molar-refractivity contribution in [3.05, 3.63) is 22.4 Å². The van der Waals surface area contributed by atoms with Gasteiger partial charge in [0.2, 0.25) is 0 Å². The molecule has 2 N–H and O–H groups in total. The van der Waals surface area contributed by atoms with Crippen molar-refractivity contribution in [3.63, 3.8) is 0 Å². The number of urea groups is 1. The van der Waals surface area contributed by atoms with Gasteiger partial charge in [-0.3, -0.25) is 0 Å².